The summed E-state index contributed by atoms with van der Waals surface area (Å²) in [6, 6.07) is 0. The third kappa shape index (κ3) is 3.08. The van der Waals surface area contributed by atoms with E-state index in [9.17, 15) is 4.79 Å². The summed E-state index contributed by atoms with van der Waals surface area (Å²) in [6.07, 6.45) is 0.931. The molecule has 0 radical (unpaired) electrons. The first kappa shape index (κ1) is 10.7. The average molecular weight is 218 g/mol. The molecule has 0 spiro atoms. The molecule has 1 aromatic heterocycles. The lowest BCUT2D eigenvalue weighted by atomic mass is 10.1. The van der Waals surface area contributed by atoms with Crippen LogP contribution in [0.2, 0.25) is 0 Å². The van der Waals surface area contributed by atoms with Crippen LogP contribution in [0.1, 0.15) is 29.3 Å². The lowest BCUT2D eigenvalue weighted by Gasteiger charge is -1.98. The van der Waals surface area contributed by atoms with Gasteiger partial charge in [0.2, 0.25) is 0 Å². The van der Waals surface area contributed by atoms with Gasteiger partial charge >= 0.3 is 0 Å². The SMILES string of the molecule is CC(C)Cc1nc(C(=O)CCl)cs1. The molecule has 1 aromatic rings. The van der Waals surface area contributed by atoms with Crippen LogP contribution >= 0.6 is 22.9 Å². The van der Waals surface area contributed by atoms with E-state index in [2.05, 4.69) is 18.8 Å². The van der Waals surface area contributed by atoms with Crippen LogP contribution in [0, 0.1) is 5.92 Å². The minimum atomic E-state index is -0.0899. The number of ketones is 1. The second-order valence-corrected chi connectivity index (χ2v) is 4.49. The van der Waals surface area contributed by atoms with Crippen LogP contribution in [0.15, 0.2) is 5.38 Å². The molecule has 4 heteroatoms. The predicted molar refractivity (Wildman–Crippen MR) is 55.7 cm³/mol. The van der Waals surface area contributed by atoms with Crippen LogP contribution in [0.3, 0.4) is 0 Å². The zero-order valence-electron chi connectivity index (χ0n) is 7.71. The molecular weight excluding hydrogens is 206 g/mol. The van der Waals surface area contributed by atoms with Gasteiger partial charge in [-0.15, -0.1) is 22.9 Å². The Bertz CT molecular complexity index is 296. The van der Waals surface area contributed by atoms with Crippen molar-refractivity contribution in [3.8, 4) is 0 Å². The number of Topliss-reactive ketones (excluding diaryl/α,β-unsaturated/α-hetero) is 1. The standard InChI is InChI=1S/C9H12ClNOS/c1-6(2)3-9-11-7(5-13-9)8(12)4-10/h5-6H,3-4H2,1-2H3. The van der Waals surface area contributed by atoms with Gasteiger partial charge in [0.1, 0.15) is 5.69 Å². The van der Waals surface area contributed by atoms with Crippen molar-refractivity contribution in [2.24, 2.45) is 5.92 Å². The molecule has 1 rings (SSSR count). The zero-order valence-corrected chi connectivity index (χ0v) is 9.28. The molecule has 0 fully saturated rings. The van der Waals surface area contributed by atoms with E-state index in [1.807, 2.05) is 0 Å². The fourth-order valence-corrected chi connectivity index (χ4v) is 2.10. The number of nitrogens with zero attached hydrogens (tertiary/aromatic N) is 1. The van der Waals surface area contributed by atoms with E-state index >= 15 is 0 Å². The number of thiazole rings is 1. The molecule has 0 saturated heterocycles. The zero-order chi connectivity index (χ0) is 9.84. The van der Waals surface area contributed by atoms with Gasteiger partial charge in [0.25, 0.3) is 0 Å². The molecule has 2 nitrogen and oxygen atoms in total. The van der Waals surface area contributed by atoms with Crippen LogP contribution in [-0.2, 0) is 6.42 Å². The Balaban J connectivity index is 2.69. The predicted octanol–water partition coefficient (Wildman–Crippen LogP) is 2.76. The van der Waals surface area contributed by atoms with E-state index in [1.54, 1.807) is 5.38 Å². The van der Waals surface area contributed by atoms with E-state index in [0.717, 1.165) is 11.4 Å². The molecule has 0 bridgehead atoms. The summed E-state index contributed by atoms with van der Waals surface area (Å²) in [5.41, 5.74) is 0.510. The number of carbonyl (C=O) groups excluding carboxylic acids is 1. The minimum absolute atomic E-state index is 0.0187. The van der Waals surface area contributed by atoms with Gasteiger partial charge in [0.15, 0.2) is 5.78 Å². The van der Waals surface area contributed by atoms with Crippen LogP contribution < -0.4 is 0 Å². The fourth-order valence-electron chi connectivity index (χ4n) is 0.950. The maximum Gasteiger partial charge on any atom is 0.196 e. The monoisotopic (exact) mass is 217 g/mol. The first-order valence-electron chi connectivity index (χ1n) is 4.17. The van der Waals surface area contributed by atoms with Crippen molar-refractivity contribution < 1.29 is 4.79 Å². The number of aromatic nitrogens is 1. The van der Waals surface area contributed by atoms with Crippen molar-refractivity contribution >= 4 is 28.7 Å². The third-order valence-electron chi connectivity index (χ3n) is 1.54. The van der Waals surface area contributed by atoms with E-state index in [1.165, 1.54) is 11.3 Å². The van der Waals surface area contributed by atoms with Crippen LogP contribution in [0.4, 0.5) is 0 Å². The molecule has 0 atom stereocenters. The highest BCUT2D eigenvalue weighted by Crippen LogP contribution is 2.14. The minimum Gasteiger partial charge on any atom is -0.291 e. The first-order chi connectivity index (χ1) is 6.13. The Morgan fingerprint density at radius 2 is 2.38 bits per heavy atom. The molecule has 0 saturated carbocycles. The van der Waals surface area contributed by atoms with Crippen molar-refractivity contribution in [2.45, 2.75) is 20.3 Å². The Morgan fingerprint density at radius 1 is 1.69 bits per heavy atom. The van der Waals surface area contributed by atoms with Gasteiger partial charge < -0.3 is 0 Å². The topological polar surface area (TPSA) is 30.0 Å². The molecule has 0 aliphatic rings. The first-order valence-corrected chi connectivity index (χ1v) is 5.58. The number of carbonyl (C=O) groups is 1. The van der Waals surface area contributed by atoms with Crippen LogP contribution in [-0.4, -0.2) is 16.6 Å². The van der Waals surface area contributed by atoms with Crippen molar-refractivity contribution in [3.05, 3.63) is 16.1 Å². The molecule has 0 N–H and O–H groups in total. The van der Waals surface area contributed by atoms with Gasteiger partial charge in [-0.25, -0.2) is 4.98 Å². The molecule has 0 unspecified atom stereocenters. The number of halogens is 1. The largest absolute Gasteiger partial charge is 0.291 e. The highest BCUT2D eigenvalue weighted by Gasteiger charge is 2.09. The number of alkyl halides is 1. The Kier molecular flexibility index (Phi) is 3.88. The van der Waals surface area contributed by atoms with Gasteiger partial charge in [-0.3, -0.25) is 4.79 Å². The number of hydrogen-bond acceptors (Lipinski definition) is 3. The summed E-state index contributed by atoms with van der Waals surface area (Å²) < 4.78 is 0. The van der Waals surface area contributed by atoms with Gasteiger partial charge in [-0.2, -0.15) is 0 Å². The van der Waals surface area contributed by atoms with E-state index < -0.39 is 0 Å². The highest BCUT2D eigenvalue weighted by molar-refractivity contribution is 7.09. The second-order valence-electron chi connectivity index (χ2n) is 3.28. The van der Waals surface area contributed by atoms with Gasteiger partial charge in [-0.1, -0.05) is 13.8 Å². The highest BCUT2D eigenvalue weighted by atomic mass is 35.5. The van der Waals surface area contributed by atoms with Crippen molar-refractivity contribution in [2.75, 3.05) is 5.88 Å². The van der Waals surface area contributed by atoms with Gasteiger partial charge in [-0.05, 0) is 5.92 Å². The maximum atomic E-state index is 11.1. The summed E-state index contributed by atoms with van der Waals surface area (Å²) in [4.78, 5) is 15.3. The summed E-state index contributed by atoms with van der Waals surface area (Å²) in [7, 11) is 0. The number of rotatable bonds is 4. The Morgan fingerprint density at radius 3 is 2.92 bits per heavy atom. The van der Waals surface area contributed by atoms with E-state index in [-0.39, 0.29) is 11.7 Å². The molecule has 0 aromatic carbocycles. The lowest BCUT2D eigenvalue weighted by Crippen LogP contribution is -2.01. The lowest BCUT2D eigenvalue weighted by molar-refractivity contribution is 0.101. The van der Waals surface area contributed by atoms with Crippen LogP contribution in [0.5, 0.6) is 0 Å². The quantitative estimate of drug-likeness (QED) is 0.574. The third-order valence-corrected chi connectivity index (χ3v) is 2.66. The van der Waals surface area contributed by atoms with Crippen molar-refractivity contribution in [3.63, 3.8) is 0 Å². The van der Waals surface area contributed by atoms with E-state index in [0.29, 0.717) is 11.6 Å². The normalized spacial score (nSPS) is 10.8. The van der Waals surface area contributed by atoms with Crippen molar-refractivity contribution in [1.82, 2.24) is 4.98 Å². The molecule has 0 aliphatic carbocycles. The number of hydrogen-bond donors (Lipinski definition) is 0. The molecule has 0 amide bonds. The van der Waals surface area contributed by atoms with Crippen molar-refractivity contribution in [1.29, 1.82) is 0 Å². The summed E-state index contributed by atoms with van der Waals surface area (Å²) in [5, 5.41) is 2.80. The fraction of sp³-hybridized carbons (Fsp3) is 0.556. The molecular formula is C9H12ClNOS. The average Bonchev–Trinajstić information content (AvgIpc) is 2.50. The Labute approximate surface area is 86.9 Å². The van der Waals surface area contributed by atoms with Crippen LogP contribution in [0.25, 0.3) is 0 Å². The van der Waals surface area contributed by atoms with Gasteiger partial charge in [0, 0.05) is 11.8 Å². The second kappa shape index (κ2) is 4.72. The smallest absolute Gasteiger partial charge is 0.196 e. The molecule has 13 heavy (non-hydrogen) atoms. The van der Waals surface area contributed by atoms with E-state index in [4.69, 9.17) is 11.6 Å². The Hall–Kier alpha value is -0.410. The van der Waals surface area contributed by atoms with Gasteiger partial charge in [0.05, 0.1) is 10.9 Å². The summed E-state index contributed by atoms with van der Waals surface area (Å²) in [6.45, 7) is 4.26. The molecule has 72 valence electrons. The summed E-state index contributed by atoms with van der Waals surface area (Å²) >= 11 is 6.95. The molecule has 0 aliphatic heterocycles. The maximum absolute atomic E-state index is 11.1. The molecule has 1 heterocycles. The summed E-state index contributed by atoms with van der Waals surface area (Å²) in [5.74, 6) is 0.503.